The average molecular weight is 1240 g/mol. The SMILES string of the molecule is CCOc1ccc(C[C@@H](NC(=O)CC)C(=O)N[C@H](C(=O)N[C@H](C(=O)N[C@@H](CC(=O)NC(c2ccccc2)(c2ccccc2)c2ccccc2)C(=O)N[C@@H](CSC(c2ccccc2)(c2ccccc2)c2ccccc2)C(=O)O)[C@@H](C)OC(C)(C)C)[C@@H](C)CC)cc1. The molecule has 0 aliphatic heterocycles. The van der Waals surface area contributed by atoms with E-state index in [1.54, 1.807) is 65.8 Å². The average Bonchev–Trinajstić information content (AvgIpc) is 0.824. The van der Waals surface area contributed by atoms with E-state index in [4.69, 9.17) is 9.47 Å². The summed E-state index contributed by atoms with van der Waals surface area (Å²) >= 11 is 1.31. The number of rotatable bonds is 31. The lowest BCUT2D eigenvalue weighted by molar-refractivity contribution is -0.143. The van der Waals surface area contributed by atoms with Crippen LogP contribution in [0.25, 0.3) is 0 Å². The molecule has 0 saturated heterocycles. The minimum Gasteiger partial charge on any atom is -0.494 e. The van der Waals surface area contributed by atoms with E-state index >= 15 is 14.4 Å². The molecule has 0 bridgehead atoms. The summed E-state index contributed by atoms with van der Waals surface area (Å²) in [5.41, 5.74) is 3.04. The van der Waals surface area contributed by atoms with E-state index in [2.05, 4.69) is 31.9 Å². The number of carbonyl (C=O) groups excluding carboxylic acids is 6. The Labute approximate surface area is 533 Å². The second kappa shape index (κ2) is 32.4. The fourth-order valence-electron chi connectivity index (χ4n) is 11.0. The van der Waals surface area contributed by atoms with Gasteiger partial charge in [-0.25, -0.2) is 4.79 Å². The Balaban J connectivity index is 1.27. The lowest BCUT2D eigenvalue weighted by Gasteiger charge is -2.37. The van der Waals surface area contributed by atoms with Gasteiger partial charge in [-0.05, 0) is 91.6 Å². The number of carboxylic acids is 1. The fraction of sp³-hybridized carbons (Fsp3) is 0.329. The van der Waals surface area contributed by atoms with E-state index in [1.165, 1.54) is 11.8 Å². The van der Waals surface area contributed by atoms with Gasteiger partial charge in [0.15, 0.2) is 0 Å². The lowest BCUT2D eigenvalue weighted by atomic mass is 9.77. The molecule has 0 fully saturated rings. The number of thioether (sulfide) groups is 1. The van der Waals surface area contributed by atoms with Crippen molar-refractivity contribution in [1.82, 2.24) is 31.9 Å². The summed E-state index contributed by atoms with van der Waals surface area (Å²) in [6.45, 7) is 14.5. The van der Waals surface area contributed by atoms with Crippen LogP contribution in [-0.4, -0.2) is 101 Å². The van der Waals surface area contributed by atoms with Crippen molar-refractivity contribution in [2.45, 2.75) is 133 Å². The molecule has 7 rings (SSSR count). The van der Waals surface area contributed by atoms with E-state index in [0.29, 0.717) is 35.5 Å². The highest BCUT2D eigenvalue weighted by atomic mass is 32.2. The third-order valence-electron chi connectivity index (χ3n) is 15.6. The Morgan fingerprint density at radius 1 is 0.478 bits per heavy atom. The highest BCUT2D eigenvalue weighted by Crippen LogP contribution is 2.49. The van der Waals surface area contributed by atoms with Gasteiger partial charge >= 0.3 is 5.97 Å². The van der Waals surface area contributed by atoms with Gasteiger partial charge in [0.05, 0.1) is 29.5 Å². The number of amides is 6. The third kappa shape index (κ3) is 17.8. The zero-order valence-electron chi connectivity index (χ0n) is 52.4. The van der Waals surface area contributed by atoms with Crippen molar-refractivity contribution in [1.29, 1.82) is 0 Å². The minimum atomic E-state index is -1.79. The largest absolute Gasteiger partial charge is 0.494 e. The van der Waals surface area contributed by atoms with E-state index in [9.17, 15) is 24.3 Å². The van der Waals surface area contributed by atoms with Gasteiger partial charge in [0.1, 0.15) is 41.5 Å². The molecule has 17 heteroatoms. The van der Waals surface area contributed by atoms with E-state index in [-0.39, 0.29) is 24.5 Å². The lowest BCUT2D eigenvalue weighted by Crippen LogP contribution is -2.63. The van der Waals surface area contributed by atoms with Crippen LogP contribution in [0.2, 0.25) is 0 Å². The van der Waals surface area contributed by atoms with Gasteiger partial charge in [-0.2, -0.15) is 0 Å². The van der Waals surface area contributed by atoms with Crippen LogP contribution in [0.15, 0.2) is 206 Å². The van der Waals surface area contributed by atoms with Crippen molar-refractivity contribution in [2.75, 3.05) is 12.4 Å². The summed E-state index contributed by atoms with van der Waals surface area (Å²) in [7, 11) is 0. The Morgan fingerprint density at radius 2 is 0.889 bits per heavy atom. The zero-order chi connectivity index (χ0) is 64.8. The molecule has 472 valence electrons. The van der Waals surface area contributed by atoms with Crippen molar-refractivity contribution < 1.29 is 48.1 Å². The van der Waals surface area contributed by atoms with Crippen LogP contribution in [-0.2, 0) is 55.0 Å². The van der Waals surface area contributed by atoms with Crippen LogP contribution in [0, 0.1) is 5.92 Å². The van der Waals surface area contributed by atoms with Crippen LogP contribution in [0.1, 0.15) is 114 Å². The van der Waals surface area contributed by atoms with Crippen molar-refractivity contribution in [3.05, 3.63) is 245 Å². The molecule has 0 aliphatic rings. The Hall–Kier alpha value is -9.06. The molecule has 0 aliphatic carbocycles. The molecule has 0 unspecified atom stereocenters. The number of nitrogens with one attached hydrogen (secondary N) is 6. The molecule has 7 aromatic carbocycles. The number of carboxylic acid groups (broad SMARTS) is 1. The van der Waals surface area contributed by atoms with Gasteiger partial charge in [0, 0.05) is 18.6 Å². The predicted molar refractivity (Wildman–Crippen MR) is 352 cm³/mol. The number of ether oxygens (including phenoxy) is 2. The molecule has 0 heterocycles. The number of benzene rings is 7. The van der Waals surface area contributed by atoms with Gasteiger partial charge in [-0.15, -0.1) is 11.8 Å². The van der Waals surface area contributed by atoms with Crippen molar-refractivity contribution in [3.63, 3.8) is 0 Å². The maximum atomic E-state index is 15.4. The summed E-state index contributed by atoms with van der Waals surface area (Å²) in [4.78, 5) is 102. The summed E-state index contributed by atoms with van der Waals surface area (Å²) in [5, 5.41) is 28.4. The molecule has 7 N–H and O–H groups in total. The monoisotopic (exact) mass is 1240 g/mol. The van der Waals surface area contributed by atoms with Crippen LogP contribution in [0.5, 0.6) is 5.75 Å². The van der Waals surface area contributed by atoms with E-state index in [0.717, 1.165) is 22.3 Å². The molecule has 90 heavy (non-hydrogen) atoms. The highest BCUT2D eigenvalue weighted by molar-refractivity contribution is 8.00. The van der Waals surface area contributed by atoms with Crippen LogP contribution in [0.4, 0.5) is 0 Å². The first-order valence-corrected chi connectivity index (χ1v) is 31.6. The second-order valence-corrected chi connectivity index (χ2v) is 24.4. The van der Waals surface area contributed by atoms with Gasteiger partial charge in [0.25, 0.3) is 0 Å². The topological polar surface area (TPSA) is 230 Å². The minimum absolute atomic E-state index is 0.0792. The van der Waals surface area contributed by atoms with E-state index in [1.807, 2.05) is 196 Å². The molecule has 7 atom stereocenters. The zero-order valence-corrected chi connectivity index (χ0v) is 53.3. The standard InChI is InChI=1S/C73H84N6O10S/c1-9-49(4)64(77-67(83)59(74-62(80)10-2)46-51-42-44-58(45-43-51)88-11-3)68(84)78-65(50(5)89-71(6,7)8)69(85)75-60(47-63(81)79-72(52-30-18-12-19-31-52,53-32-20-13-21-33-53)54-34-22-14-23-35-54)66(82)76-61(70(86)87)48-90-73(55-36-24-15-25-37-55,56-38-26-16-27-39-56)57-40-28-17-29-41-57/h12-45,49-50,59-61,64-65H,9-11,46-48H2,1-8H3,(H,74,80)(H,75,85)(H,76,82)(H,77,83)(H,78,84)(H,79,81)(H,86,87)/t49-,50+,59+,60-,61-,64-,65-/m0/s1. The molecular formula is C73H84N6O10S. The number of hydrogen-bond acceptors (Lipinski definition) is 10. The molecular weight excluding hydrogens is 1150 g/mol. The maximum Gasteiger partial charge on any atom is 0.327 e. The normalized spacial score (nSPS) is 14.0. The molecule has 0 aromatic heterocycles. The van der Waals surface area contributed by atoms with Crippen LogP contribution < -0.4 is 36.6 Å². The first-order chi connectivity index (χ1) is 43.2. The molecule has 7 aromatic rings. The first kappa shape index (κ1) is 68.4. The van der Waals surface area contributed by atoms with Gasteiger partial charge in [-0.3, -0.25) is 28.8 Å². The van der Waals surface area contributed by atoms with Crippen LogP contribution >= 0.6 is 11.8 Å². The Bertz CT molecular complexity index is 3260. The summed E-state index contributed by atoms with van der Waals surface area (Å²) in [5.74, 6) is -5.95. The number of carbonyl (C=O) groups is 7. The molecule has 0 radical (unpaired) electrons. The summed E-state index contributed by atoms with van der Waals surface area (Å²) in [6, 6.07) is 56.7. The van der Waals surface area contributed by atoms with Crippen molar-refractivity contribution in [3.8, 4) is 5.75 Å². The van der Waals surface area contributed by atoms with Crippen molar-refractivity contribution in [2.24, 2.45) is 5.92 Å². The van der Waals surface area contributed by atoms with Gasteiger partial charge in [-0.1, -0.05) is 221 Å². The molecule has 16 nitrogen and oxygen atoms in total. The smallest absolute Gasteiger partial charge is 0.327 e. The van der Waals surface area contributed by atoms with E-state index < -0.39 is 100 Å². The number of hydrogen-bond donors (Lipinski definition) is 7. The first-order valence-electron chi connectivity index (χ1n) is 30.6. The summed E-state index contributed by atoms with van der Waals surface area (Å²) < 4.78 is 11.0. The molecule has 0 spiro atoms. The molecule has 0 saturated carbocycles. The maximum absolute atomic E-state index is 15.4. The van der Waals surface area contributed by atoms with Crippen LogP contribution in [0.3, 0.4) is 0 Å². The number of aliphatic carboxylic acids is 1. The van der Waals surface area contributed by atoms with Gasteiger partial charge in [0.2, 0.25) is 35.4 Å². The summed E-state index contributed by atoms with van der Waals surface area (Å²) in [6.07, 6.45) is -1.28. The predicted octanol–water partition coefficient (Wildman–Crippen LogP) is 10.0. The van der Waals surface area contributed by atoms with Gasteiger partial charge < -0.3 is 46.5 Å². The Kier molecular flexibility index (Phi) is 24.7. The second-order valence-electron chi connectivity index (χ2n) is 23.2. The fourth-order valence-corrected chi connectivity index (χ4v) is 12.5. The molecule has 6 amide bonds. The quantitative estimate of drug-likeness (QED) is 0.0202. The Morgan fingerprint density at radius 3 is 1.30 bits per heavy atom. The third-order valence-corrected chi connectivity index (χ3v) is 17.3. The van der Waals surface area contributed by atoms with Crippen molar-refractivity contribution >= 4 is 53.2 Å². The highest BCUT2D eigenvalue weighted by Gasteiger charge is 2.43.